The van der Waals surface area contributed by atoms with Crippen molar-refractivity contribution >= 4 is 25.6 Å². The smallest absolute Gasteiger partial charge is 0.276 e. The molecule has 0 unspecified atom stereocenters. The number of nitrogens with one attached hydrogen (secondary N) is 1. The summed E-state index contributed by atoms with van der Waals surface area (Å²) in [4.78, 5) is 14.1. The molecule has 0 aliphatic heterocycles. The van der Waals surface area contributed by atoms with Crippen LogP contribution in [0.3, 0.4) is 0 Å². The molecule has 6 nitrogen and oxygen atoms in total. The lowest BCUT2D eigenvalue weighted by Gasteiger charge is -2.26. The van der Waals surface area contributed by atoms with Gasteiger partial charge in [-0.25, -0.2) is 8.42 Å². The van der Waals surface area contributed by atoms with Crippen LogP contribution in [0.25, 0.3) is 0 Å². The third kappa shape index (κ3) is 3.58. The van der Waals surface area contributed by atoms with E-state index >= 15 is 0 Å². The van der Waals surface area contributed by atoms with Gasteiger partial charge in [0.25, 0.3) is 15.0 Å². The first-order chi connectivity index (χ1) is 9.75. The van der Waals surface area contributed by atoms with E-state index in [-0.39, 0.29) is 22.5 Å². The Hall–Kier alpha value is -1.08. The molecule has 1 aliphatic rings. The molecule has 118 valence electrons. The van der Waals surface area contributed by atoms with E-state index in [9.17, 15) is 13.2 Å². The lowest BCUT2D eigenvalue weighted by molar-refractivity contribution is 0.0686. The molecule has 1 heterocycles. The van der Waals surface area contributed by atoms with Crippen LogP contribution in [0.2, 0.25) is 0 Å². The maximum absolute atomic E-state index is 12.7. The van der Waals surface area contributed by atoms with Gasteiger partial charge < -0.3 is 4.90 Å². The Bertz CT molecular complexity index is 635. The number of aromatic nitrogens is 2. The Labute approximate surface area is 129 Å². The molecule has 0 atom stereocenters. The number of aryl methyl sites for hydroxylation is 1. The monoisotopic (exact) mass is 333 g/mol. The van der Waals surface area contributed by atoms with E-state index in [0.717, 1.165) is 12.8 Å². The van der Waals surface area contributed by atoms with Gasteiger partial charge in [0.1, 0.15) is 4.90 Å². The van der Waals surface area contributed by atoms with Crippen LogP contribution in [0.4, 0.5) is 0 Å². The van der Waals surface area contributed by atoms with Gasteiger partial charge in [0.15, 0.2) is 5.69 Å². The summed E-state index contributed by atoms with van der Waals surface area (Å²) in [5.41, 5.74) is 0.264. The molecule has 1 saturated carbocycles. The molecule has 1 fully saturated rings. The number of hydrogen-bond donors (Lipinski definition) is 1. The minimum Gasteiger partial charge on any atom is -0.335 e. The normalized spacial score (nSPS) is 15.5. The number of carbonyl (C=O) groups is 1. The number of carbonyl (C=O) groups excluding carboxylic acids is 1. The SMILES string of the molecule is CCc1[nH]nc(C(=O)N(CC2CC2)C(C)C)c1S(=O)(=O)Cl. The second kappa shape index (κ2) is 5.96. The molecule has 2 rings (SSSR count). The Morgan fingerprint density at radius 2 is 2.10 bits per heavy atom. The number of amides is 1. The van der Waals surface area contributed by atoms with Crippen molar-refractivity contribution in [2.45, 2.75) is 51.0 Å². The van der Waals surface area contributed by atoms with E-state index in [1.807, 2.05) is 13.8 Å². The average molecular weight is 334 g/mol. The quantitative estimate of drug-likeness (QED) is 0.809. The molecule has 1 amide bonds. The number of H-pyrrole nitrogens is 1. The fourth-order valence-electron chi connectivity index (χ4n) is 2.26. The Morgan fingerprint density at radius 3 is 2.52 bits per heavy atom. The molecule has 0 saturated heterocycles. The number of halogens is 1. The minimum atomic E-state index is -4.02. The van der Waals surface area contributed by atoms with Crippen molar-refractivity contribution in [2.75, 3.05) is 6.54 Å². The van der Waals surface area contributed by atoms with Crippen molar-refractivity contribution in [3.05, 3.63) is 11.4 Å². The lowest BCUT2D eigenvalue weighted by Crippen LogP contribution is -2.39. The first kappa shape index (κ1) is 16.3. The number of nitrogens with zero attached hydrogens (tertiary/aromatic N) is 2. The molecule has 0 radical (unpaired) electrons. The van der Waals surface area contributed by atoms with Crippen molar-refractivity contribution in [1.82, 2.24) is 15.1 Å². The molecule has 21 heavy (non-hydrogen) atoms. The van der Waals surface area contributed by atoms with Crippen molar-refractivity contribution in [2.24, 2.45) is 5.92 Å². The molecule has 1 N–H and O–H groups in total. The number of rotatable bonds is 6. The van der Waals surface area contributed by atoms with Gasteiger partial charge in [-0.15, -0.1) is 0 Å². The number of aromatic amines is 1. The van der Waals surface area contributed by atoms with Gasteiger partial charge >= 0.3 is 0 Å². The highest BCUT2D eigenvalue weighted by Crippen LogP contribution is 2.31. The molecular weight excluding hydrogens is 314 g/mol. The Morgan fingerprint density at radius 1 is 1.48 bits per heavy atom. The van der Waals surface area contributed by atoms with Crippen LogP contribution in [-0.4, -0.2) is 42.0 Å². The number of hydrogen-bond acceptors (Lipinski definition) is 4. The van der Waals surface area contributed by atoms with E-state index in [0.29, 0.717) is 24.6 Å². The highest BCUT2D eigenvalue weighted by molar-refractivity contribution is 8.13. The maximum atomic E-state index is 12.7. The van der Waals surface area contributed by atoms with Crippen molar-refractivity contribution in [3.63, 3.8) is 0 Å². The molecule has 1 aromatic rings. The predicted molar refractivity (Wildman–Crippen MR) is 79.9 cm³/mol. The van der Waals surface area contributed by atoms with Crippen LogP contribution in [0, 0.1) is 5.92 Å². The fraction of sp³-hybridized carbons (Fsp3) is 0.692. The molecule has 1 aliphatic carbocycles. The summed E-state index contributed by atoms with van der Waals surface area (Å²) in [7, 11) is 1.46. The molecule has 1 aromatic heterocycles. The zero-order valence-electron chi connectivity index (χ0n) is 12.4. The van der Waals surface area contributed by atoms with Gasteiger partial charge in [-0.1, -0.05) is 6.92 Å². The van der Waals surface area contributed by atoms with Crippen molar-refractivity contribution in [3.8, 4) is 0 Å². The summed E-state index contributed by atoms with van der Waals surface area (Å²) in [5.74, 6) is 0.129. The van der Waals surface area contributed by atoms with Gasteiger partial charge in [-0.3, -0.25) is 9.89 Å². The summed E-state index contributed by atoms with van der Waals surface area (Å²) >= 11 is 0. The van der Waals surface area contributed by atoms with Crippen LogP contribution in [0.1, 0.15) is 49.8 Å². The van der Waals surface area contributed by atoms with Crippen LogP contribution in [-0.2, 0) is 15.5 Å². The maximum Gasteiger partial charge on any atom is 0.276 e. The zero-order valence-corrected chi connectivity index (χ0v) is 14.0. The van der Waals surface area contributed by atoms with E-state index in [1.165, 1.54) is 0 Å². The summed E-state index contributed by atoms with van der Waals surface area (Å²) in [6.45, 7) is 6.22. The van der Waals surface area contributed by atoms with E-state index in [1.54, 1.807) is 11.8 Å². The van der Waals surface area contributed by atoms with Crippen LogP contribution in [0.15, 0.2) is 4.90 Å². The molecule has 8 heteroatoms. The summed E-state index contributed by atoms with van der Waals surface area (Å²) in [5, 5.41) is 6.52. The van der Waals surface area contributed by atoms with Crippen LogP contribution in [0.5, 0.6) is 0 Å². The average Bonchev–Trinajstić information content (AvgIpc) is 3.08. The third-order valence-corrected chi connectivity index (χ3v) is 5.02. The largest absolute Gasteiger partial charge is 0.335 e. The Kier molecular flexibility index (Phi) is 4.63. The second-order valence-electron chi connectivity index (χ2n) is 5.67. The molecular formula is C13H20ClN3O3S. The van der Waals surface area contributed by atoms with Crippen molar-refractivity contribution in [1.29, 1.82) is 0 Å². The van der Waals surface area contributed by atoms with Gasteiger partial charge in [-0.2, -0.15) is 5.10 Å². The zero-order chi connectivity index (χ0) is 15.8. The molecule has 0 spiro atoms. The highest BCUT2D eigenvalue weighted by atomic mass is 35.7. The van der Waals surface area contributed by atoms with Gasteiger partial charge in [0, 0.05) is 23.3 Å². The Balaban J connectivity index is 2.39. The van der Waals surface area contributed by atoms with Gasteiger partial charge in [-0.05, 0) is 39.0 Å². The molecule has 0 aromatic carbocycles. The van der Waals surface area contributed by atoms with E-state index in [2.05, 4.69) is 10.2 Å². The van der Waals surface area contributed by atoms with E-state index in [4.69, 9.17) is 10.7 Å². The fourth-order valence-corrected chi connectivity index (χ4v) is 3.60. The first-order valence-electron chi connectivity index (χ1n) is 7.08. The summed E-state index contributed by atoms with van der Waals surface area (Å²) < 4.78 is 23.5. The first-order valence-corrected chi connectivity index (χ1v) is 9.39. The molecule has 0 bridgehead atoms. The third-order valence-electron chi connectivity index (χ3n) is 3.63. The highest BCUT2D eigenvalue weighted by Gasteiger charge is 2.34. The predicted octanol–water partition coefficient (Wildman–Crippen LogP) is 2.16. The van der Waals surface area contributed by atoms with Crippen LogP contribution < -0.4 is 0 Å². The van der Waals surface area contributed by atoms with Gasteiger partial charge in [0.05, 0.1) is 5.69 Å². The topological polar surface area (TPSA) is 83.1 Å². The standard InChI is InChI=1S/C13H20ClN3O3S/c1-4-10-12(21(14,19)20)11(16-15-10)13(18)17(8(2)3)7-9-5-6-9/h8-9H,4-7H2,1-3H3,(H,15,16). The summed E-state index contributed by atoms with van der Waals surface area (Å²) in [6.07, 6.45) is 2.63. The second-order valence-corrected chi connectivity index (χ2v) is 8.17. The van der Waals surface area contributed by atoms with Gasteiger partial charge in [0.2, 0.25) is 0 Å². The van der Waals surface area contributed by atoms with E-state index < -0.39 is 9.05 Å². The van der Waals surface area contributed by atoms with Crippen molar-refractivity contribution < 1.29 is 13.2 Å². The summed E-state index contributed by atoms with van der Waals surface area (Å²) in [6, 6.07) is -0.0224. The lowest BCUT2D eigenvalue weighted by atomic mass is 10.2. The van der Waals surface area contributed by atoms with Crippen LogP contribution >= 0.6 is 10.7 Å². The minimum absolute atomic E-state index is 0.0224.